The lowest BCUT2D eigenvalue weighted by molar-refractivity contribution is 0.0600. The first kappa shape index (κ1) is 21.1. The van der Waals surface area contributed by atoms with E-state index in [0.29, 0.717) is 0 Å². The molecule has 0 amide bonds. The maximum absolute atomic E-state index is 13.2. The Morgan fingerprint density at radius 1 is 1.38 bits per heavy atom. The molecule has 7 nitrogen and oxygen atoms in total. The summed E-state index contributed by atoms with van der Waals surface area (Å²) in [5.41, 5.74) is 0.0546. The van der Waals surface area contributed by atoms with Gasteiger partial charge in [-0.15, -0.1) is 0 Å². The summed E-state index contributed by atoms with van der Waals surface area (Å²) in [4.78, 5) is 11.5. The van der Waals surface area contributed by atoms with Crippen LogP contribution in [0.3, 0.4) is 0 Å². The summed E-state index contributed by atoms with van der Waals surface area (Å²) < 4.78 is 56.0. The van der Waals surface area contributed by atoms with Gasteiger partial charge >= 0.3 is 5.97 Å². The summed E-state index contributed by atoms with van der Waals surface area (Å²) in [6.45, 7) is 3.85. The van der Waals surface area contributed by atoms with Crippen molar-refractivity contribution in [1.29, 1.82) is 0 Å². The molecule has 10 heteroatoms. The molecular formula is C16H22ClNO6S2. The SMILES string of the molecule is COC(=O)c1ccc(Cl)c(S(=O)(=O)N(CC(C)C)C2CCS(=O)(=O)C2)c1. The second kappa shape index (κ2) is 7.84. The minimum atomic E-state index is -4.10. The molecule has 1 heterocycles. The number of sulfone groups is 1. The summed E-state index contributed by atoms with van der Waals surface area (Å²) in [5.74, 6) is -0.960. The van der Waals surface area contributed by atoms with Gasteiger partial charge in [-0.25, -0.2) is 21.6 Å². The molecule has 1 saturated heterocycles. The van der Waals surface area contributed by atoms with E-state index in [4.69, 9.17) is 11.6 Å². The van der Waals surface area contributed by atoms with Crippen molar-refractivity contribution in [2.75, 3.05) is 25.2 Å². The molecule has 0 aliphatic carbocycles. The van der Waals surface area contributed by atoms with Gasteiger partial charge in [-0.3, -0.25) is 0 Å². The standard InChI is InChI=1S/C16H22ClNO6S2/c1-11(2)9-18(13-6-7-25(20,21)10-13)26(22,23)15-8-12(16(19)24-3)4-5-14(15)17/h4-5,8,11,13H,6-7,9-10H2,1-3H3. The van der Waals surface area contributed by atoms with E-state index in [1.54, 1.807) is 0 Å². The largest absolute Gasteiger partial charge is 0.465 e. The maximum atomic E-state index is 13.2. The van der Waals surface area contributed by atoms with Gasteiger partial charge in [0, 0.05) is 12.6 Å². The zero-order valence-electron chi connectivity index (χ0n) is 14.8. The van der Waals surface area contributed by atoms with Gasteiger partial charge < -0.3 is 4.74 Å². The fraction of sp³-hybridized carbons (Fsp3) is 0.562. The highest BCUT2D eigenvalue weighted by atomic mass is 35.5. The van der Waals surface area contributed by atoms with Crippen LogP contribution in [0.5, 0.6) is 0 Å². The number of esters is 1. The minimum absolute atomic E-state index is 0.0179. The number of ether oxygens (including phenoxy) is 1. The van der Waals surface area contributed by atoms with E-state index in [1.165, 1.54) is 29.6 Å². The molecule has 1 unspecified atom stereocenters. The Labute approximate surface area is 159 Å². The molecule has 0 saturated carbocycles. The van der Waals surface area contributed by atoms with Gasteiger partial charge in [0.05, 0.1) is 29.2 Å². The highest BCUT2D eigenvalue weighted by Gasteiger charge is 2.39. The second-order valence-electron chi connectivity index (χ2n) is 6.66. The van der Waals surface area contributed by atoms with E-state index in [2.05, 4.69) is 4.74 Å². The topological polar surface area (TPSA) is 97.8 Å². The molecule has 1 aromatic carbocycles. The molecule has 1 atom stereocenters. The van der Waals surface area contributed by atoms with Crippen LogP contribution in [0.2, 0.25) is 5.02 Å². The molecule has 0 spiro atoms. The molecule has 1 fully saturated rings. The molecule has 0 aromatic heterocycles. The Bertz CT molecular complexity index is 895. The van der Waals surface area contributed by atoms with Crippen molar-refractivity contribution < 1.29 is 26.4 Å². The van der Waals surface area contributed by atoms with Crippen molar-refractivity contribution in [1.82, 2.24) is 4.31 Å². The van der Waals surface area contributed by atoms with E-state index >= 15 is 0 Å². The first-order chi connectivity index (χ1) is 12.0. The van der Waals surface area contributed by atoms with Crippen LogP contribution in [0.4, 0.5) is 0 Å². The van der Waals surface area contributed by atoms with Gasteiger partial charge in [-0.1, -0.05) is 25.4 Å². The summed E-state index contributed by atoms with van der Waals surface area (Å²) >= 11 is 6.10. The van der Waals surface area contributed by atoms with E-state index in [1.807, 2.05) is 13.8 Å². The number of halogens is 1. The predicted molar refractivity (Wildman–Crippen MR) is 98.6 cm³/mol. The van der Waals surface area contributed by atoms with Crippen LogP contribution >= 0.6 is 11.6 Å². The third-order valence-corrected chi connectivity index (χ3v) is 8.25. The number of methoxy groups -OCH3 is 1. The van der Waals surface area contributed by atoms with Gasteiger partial charge in [0.15, 0.2) is 9.84 Å². The number of rotatable bonds is 6. The molecule has 0 bridgehead atoms. The van der Waals surface area contributed by atoms with E-state index < -0.39 is 31.9 Å². The number of benzene rings is 1. The Balaban J connectivity index is 2.51. The predicted octanol–water partition coefficient (Wildman–Crippen LogP) is 1.96. The third-order valence-electron chi connectivity index (χ3n) is 4.10. The molecule has 1 aromatic rings. The average molecular weight is 424 g/mol. The number of carbonyl (C=O) groups excluding carboxylic acids is 1. The van der Waals surface area contributed by atoms with Gasteiger partial charge in [-0.2, -0.15) is 4.31 Å². The zero-order chi connectivity index (χ0) is 19.7. The normalized spacial score (nSPS) is 19.8. The van der Waals surface area contributed by atoms with Crippen molar-refractivity contribution >= 4 is 37.4 Å². The van der Waals surface area contributed by atoms with Crippen LogP contribution in [0.25, 0.3) is 0 Å². The fourth-order valence-electron chi connectivity index (χ4n) is 2.88. The van der Waals surface area contributed by atoms with Crippen molar-refractivity contribution in [3.8, 4) is 0 Å². The average Bonchev–Trinajstić information content (AvgIpc) is 2.91. The van der Waals surface area contributed by atoms with Crippen molar-refractivity contribution in [2.45, 2.75) is 31.2 Å². The summed E-state index contributed by atoms with van der Waals surface area (Å²) in [5, 5.41) is -0.0349. The summed E-state index contributed by atoms with van der Waals surface area (Å²) in [6, 6.07) is 3.21. The lowest BCUT2D eigenvalue weighted by Crippen LogP contribution is -2.43. The molecular weight excluding hydrogens is 402 g/mol. The lowest BCUT2D eigenvalue weighted by atomic mass is 10.2. The monoisotopic (exact) mass is 423 g/mol. The smallest absolute Gasteiger partial charge is 0.337 e. The fourth-order valence-corrected chi connectivity index (χ4v) is 7.02. The van der Waals surface area contributed by atoms with E-state index in [-0.39, 0.29) is 45.9 Å². The highest BCUT2D eigenvalue weighted by Crippen LogP contribution is 2.30. The first-order valence-electron chi connectivity index (χ1n) is 8.08. The van der Waals surface area contributed by atoms with Crippen LogP contribution in [-0.2, 0) is 24.6 Å². The number of carbonyl (C=O) groups is 1. The van der Waals surface area contributed by atoms with Crippen LogP contribution < -0.4 is 0 Å². The van der Waals surface area contributed by atoms with Crippen LogP contribution in [0.15, 0.2) is 23.1 Å². The minimum Gasteiger partial charge on any atom is -0.465 e. The Hall–Kier alpha value is -1.16. The summed E-state index contributed by atoms with van der Waals surface area (Å²) in [7, 11) is -6.17. The van der Waals surface area contributed by atoms with Gasteiger partial charge in [0.2, 0.25) is 10.0 Å². The molecule has 2 rings (SSSR count). The third kappa shape index (κ3) is 4.57. The Morgan fingerprint density at radius 2 is 2.04 bits per heavy atom. The number of nitrogens with zero attached hydrogens (tertiary/aromatic N) is 1. The Morgan fingerprint density at radius 3 is 2.54 bits per heavy atom. The van der Waals surface area contributed by atoms with E-state index in [0.717, 1.165) is 0 Å². The summed E-state index contributed by atoms with van der Waals surface area (Å²) in [6.07, 6.45) is 0.239. The van der Waals surface area contributed by atoms with Gasteiger partial charge in [-0.05, 0) is 30.5 Å². The van der Waals surface area contributed by atoms with Crippen LogP contribution in [0, 0.1) is 5.92 Å². The van der Waals surface area contributed by atoms with Crippen molar-refractivity contribution in [3.05, 3.63) is 28.8 Å². The van der Waals surface area contributed by atoms with Gasteiger partial charge in [0.25, 0.3) is 0 Å². The zero-order valence-corrected chi connectivity index (χ0v) is 17.2. The van der Waals surface area contributed by atoms with Crippen molar-refractivity contribution in [2.24, 2.45) is 5.92 Å². The second-order valence-corrected chi connectivity index (χ2v) is 11.2. The quantitative estimate of drug-likeness (QED) is 0.648. The number of hydrogen-bond acceptors (Lipinski definition) is 6. The van der Waals surface area contributed by atoms with Crippen molar-refractivity contribution in [3.63, 3.8) is 0 Å². The number of sulfonamides is 1. The molecule has 0 N–H and O–H groups in total. The maximum Gasteiger partial charge on any atom is 0.337 e. The van der Waals surface area contributed by atoms with Crippen LogP contribution in [0.1, 0.15) is 30.6 Å². The first-order valence-corrected chi connectivity index (χ1v) is 11.7. The van der Waals surface area contributed by atoms with Crippen LogP contribution in [-0.4, -0.2) is 58.3 Å². The van der Waals surface area contributed by atoms with Gasteiger partial charge in [0.1, 0.15) is 4.90 Å². The Kier molecular flexibility index (Phi) is 6.37. The molecule has 1 aliphatic rings. The molecule has 26 heavy (non-hydrogen) atoms. The van der Waals surface area contributed by atoms with E-state index in [9.17, 15) is 21.6 Å². The highest BCUT2D eigenvalue weighted by molar-refractivity contribution is 7.92. The lowest BCUT2D eigenvalue weighted by Gasteiger charge is -2.29. The number of hydrogen-bond donors (Lipinski definition) is 0. The molecule has 1 aliphatic heterocycles. The molecule has 146 valence electrons. The molecule has 0 radical (unpaired) electrons.